The fourth-order valence-electron chi connectivity index (χ4n) is 9.71. The second kappa shape index (κ2) is 57.5. The highest BCUT2D eigenvalue weighted by atomic mass is 31.2. The van der Waals surface area contributed by atoms with Crippen LogP contribution in [0, 0.1) is 11.8 Å². The van der Waals surface area contributed by atoms with Gasteiger partial charge >= 0.3 is 39.5 Å². The van der Waals surface area contributed by atoms with Crippen LogP contribution >= 0.6 is 15.6 Å². The summed E-state index contributed by atoms with van der Waals surface area (Å²) in [4.78, 5) is 72.1. The summed E-state index contributed by atoms with van der Waals surface area (Å²) in [6, 6.07) is 0. The first-order valence-electron chi connectivity index (χ1n) is 34.0. The van der Waals surface area contributed by atoms with Crippen molar-refractivity contribution in [2.45, 2.75) is 342 Å². The Morgan fingerprint density at radius 2 is 0.548 bits per heavy atom. The SMILES string of the molecule is CCCCCCCCCCCC(=O)O[C@H](COC(=O)CCCCCCCCC)COP(=O)(O)OC[C@H](O)COP(=O)(O)OC[C@@H](COC(=O)CCCCCCCCCCCCC(C)C)OC(=O)CCCCCCCCCCCCCCC(C)C. The summed E-state index contributed by atoms with van der Waals surface area (Å²) in [7, 11) is -9.88. The molecule has 0 radical (unpaired) electrons. The van der Waals surface area contributed by atoms with E-state index < -0.39 is 97.5 Å². The Balaban J connectivity index is 5.21. The first kappa shape index (κ1) is 82.1. The van der Waals surface area contributed by atoms with Crippen LogP contribution in [0.15, 0.2) is 0 Å². The summed E-state index contributed by atoms with van der Waals surface area (Å²) in [5, 5.41) is 10.5. The lowest BCUT2D eigenvalue weighted by molar-refractivity contribution is -0.161. The zero-order valence-electron chi connectivity index (χ0n) is 54.2. The third-order valence-electron chi connectivity index (χ3n) is 15.0. The van der Waals surface area contributed by atoms with Crippen LogP contribution in [0.2, 0.25) is 0 Å². The molecule has 0 spiro atoms. The van der Waals surface area contributed by atoms with Crippen molar-refractivity contribution in [3.8, 4) is 0 Å². The summed E-state index contributed by atoms with van der Waals surface area (Å²) in [5.41, 5.74) is 0. The van der Waals surface area contributed by atoms with Crippen LogP contribution in [0.25, 0.3) is 0 Å². The second-order valence-electron chi connectivity index (χ2n) is 24.5. The number of phosphoric acid groups is 2. The third kappa shape index (κ3) is 59.0. The van der Waals surface area contributed by atoms with Crippen LogP contribution in [0.5, 0.6) is 0 Å². The molecule has 0 aromatic heterocycles. The van der Waals surface area contributed by atoms with Gasteiger partial charge in [-0.1, -0.05) is 273 Å². The number of aliphatic hydroxyl groups excluding tert-OH is 1. The molecule has 0 saturated carbocycles. The number of carbonyl (C=O) groups is 4. The van der Waals surface area contributed by atoms with Crippen molar-refractivity contribution >= 4 is 39.5 Å². The van der Waals surface area contributed by atoms with Crippen molar-refractivity contribution in [3.63, 3.8) is 0 Å². The normalized spacial score (nSPS) is 14.3. The lowest BCUT2D eigenvalue weighted by Crippen LogP contribution is -2.30. The lowest BCUT2D eigenvalue weighted by atomic mass is 10.0. The van der Waals surface area contributed by atoms with Crippen LogP contribution in [0.1, 0.15) is 324 Å². The number of esters is 4. The molecule has 19 heteroatoms. The number of phosphoric ester groups is 2. The van der Waals surface area contributed by atoms with Gasteiger partial charge in [-0.25, -0.2) is 9.13 Å². The predicted molar refractivity (Wildman–Crippen MR) is 335 cm³/mol. The van der Waals surface area contributed by atoms with E-state index in [0.29, 0.717) is 25.7 Å². The summed E-state index contributed by atoms with van der Waals surface area (Å²) < 4.78 is 67.9. The highest BCUT2D eigenvalue weighted by Crippen LogP contribution is 2.45. The van der Waals surface area contributed by atoms with Crippen molar-refractivity contribution in [2.75, 3.05) is 39.6 Å². The largest absolute Gasteiger partial charge is 0.472 e. The van der Waals surface area contributed by atoms with E-state index in [-0.39, 0.29) is 25.7 Å². The highest BCUT2D eigenvalue weighted by molar-refractivity contribution is 7.47. The summed E-state index contributed by atoms with van der Waals surface area (Å²) in [5.74, 6) is -0.601. The van der Waals surface area contributed by atoms with Gasteiger partial charge in [-0.2, -0.15) is 0 Å². The van der Waals surface area contributed by atoms with E-state index in [2.05, 4.69) is 41.5 Å². The maximum atomic E-state index is 13.0. The summed E-state index contributed by atoms with van der Waals surface area (Å²) >= 11 is 0. The molecular formula is C65H126O17P2. The number of ether oxygens (including phenoxy) is 4. The fourth-order valence-corrected chi connectivity index (χ4v) is 11.3. The van der Waals surface area contributed by atoms with Gasteiger partial charge in [0.05, 0.1) is 26.4 Å². The molecule has 498 valence electrons. The third-order valence-corrected chi connectivity index (χ3v) is 16.9. The van der Waals surface area contributed by atoms with E-state index in [4.69, 9.17) is 37.0 Å². The number of carbonyl (C=O) groups excluding carboxylic acids is 4. The molecule has 0 aromatic rings. The average molecular weight is 1240 g/mol. The van der Waals surface area contributed by atoms with Crippen LogP contribution in [-0.4, -0.2) is 96.7 Å². The van der Waals surface area contributed by atoms with Gasteiger partial charge in [0, 0.05) is 25.7 Å². The maximum Gasteiger partial charge on any atom is 0.472 e. The Morgan fingerprint density at radius 3 is 0.810 bits per heavy atom. The first-order valence-corrected chi connectivity index (χ1v) is 37.0. The van der Waals surface area contributed by atoms with Crippen LogP contribution in [-0.2, 0) is 65.4 Å². The van der Waals surface area contributed by atoms with Crippen molar-refractivity contribution in [2.24, 2.45) is 11.8 Å². The van der Waals surface area contributed by atoms with Crippen molar-refractivity contribution in [1.29, 1.82) is 0 Å². The van der Waals surface area contributed by atoms with Gasteiger partial charge in [-0.15, -0.1) is 0 Å². The molecule has 0 aliphatic rings. The topological polar surface area (TPSA) is 237 Å². The second-order valence-corrected chi connectivity index (χ2v) is 27.4. The minimum absolute atomic E-state index is 0.105. The van der Waals surface area contributed by atoms with Gasteiger partial charge in [0.2, 0.25) is 0 Å². The van der Waals surface area contributed by atoms with E-state index in [1.165, 1.54) is 128 Å². The Morgan fingerprint density at radius 1 is 0.321 bits per heavy atom. The molecule has 0 heterocycles. The zero-order valence-corrected chi connectivity index (χ0v) is 56.0. The molecule has 2 unspecified atom stereocenters. The van der Waals surface area contributed by atoms with E-state index >= 15 is 0 Å². The minimum atomic E-state index is -4.95. The average Bonchev–Trinajstić information content (AvgIpc) is 3.60. The Hall–Kier alpha value is -1.94. The molecule has 0 rings (SSSR count). The molecular weight excluding hydrogens is 1110 g/mol. The first-order chi connectivity index (χ1) is 40.4. The Bertz CT molecular complexity index is 1650. The molecule has 3 N–H and O–H groups in total. The van der Waals surface area contributed by atoms with E-state index in [0.717, 1.165) is 115 Å². The number of hydrogen-bond acceptors (Lipinski definition) is 15. The molecule has 0 aromatic carbocycles. The minimum Gasteiger partial charge on any atom is -0.462 e. The van der Waals surface area contributed by atoms with Gasteiger partial charge in [-0.05, 0) is 37.5 Å². The fraction of sp³-hybridized carbons (Fsp3) is 0.938. The number of aliphatic hydroxyl groups is 1. The molecule has 0 aliphatic heterocycles. The van der Waals surface area contributed by atoms with Gasteiger partial charge in [0.25, 0.3) is 0 Å². The van der Waals surface area contributed by atoms with Crippen molar-refractivity contribution < 1.29 is 80.2 Å². The Labute approximate surface area is 511 Å². The summed E-state index contributed by atoms with van der Waals surface area (Å²) in [6.45, 7) is 9.45. The molecule has 0 amide bonds. The van der Waals surface area contributed by atoms with Gasteiger partial charge in [0.1, 0.15) is 19.3 Å². The molecule has 0 bridgehead atoms. The van der Waals surface area contributed by atoms with Gasteiger partial charge < -0.3 is 33.8 Å². The van der Waals surface area contributed by atoms with Crippen LogP contribution in [0.4, 0.5) is 0 Å². The van der Waals surface area contributed by atoms with Crippen LogP contribution in [0.3, 0.4) is 0 Å². The van der Waals surface area contributed by atoms with E-state index in [1.54, 1.807) is 0 Å². The van der Waals surface area contributed by atoms with E-state index in [9.17, 15) is 43.2 Å². The molecule has 17 nitrogen and oxygen atoms in total. The smallest absolute Gasteiger partial charge is 0.462 e. The van der Waals surface area contributed by atoms with Crippen LogP contribution < -0.4 is 0 Å². The van der Waals surface area contributed by atoms with Gasteiger partial charge in [0.15, 0.2) is 12.2 Å². The molecule has 84 heavy (non-hydrogen) atoms. The Kier molecular flexibility index (Phi) is 56.2. The lowest BCUT2D eigenvalue weighted by Gasteiger charge is -2.21. The number of hydrogen-bond donors (Lipinski definition) is 3. The monoisotopic (exact) mass is 1240 g/mol. The van der Waals surface area contributed by atoms with Crippen molar-refractivity contribution in [1.82, 2.24) is 0 Å². The summed E-state index contributed by atoms with van der Waals surface area (Å²) in [6.07, 6.45) is 40.4. The van der Waals surface area contributed by atoms with Gasteiger partial charge in [-0.3, -0.25) is 37.3 Å². The zero-order chi connectivity index (χ0) is 62.2. The number of unbranched alkanes of at least 4 members (excludes halogenated alkanes) is 34. The molecule has 0 aliphatic carbocycles. The molecule has 0 saturated heterocycles. The predicted octanol–water partition coefficient (Wildman–Crippen LogP) is 18.0. The number of rotatable bonds is 64. The molecule has 0 fully saturated rings. The maximum absolute atomic E-state index is 13.0. The van der Waals surface area contributed by atoms with E-state index in [1.807, 2.05) is 0 Å². The van der Waals surface area contributed by atoms with Crippen molar-refractivity contribution in [3.05, 3.63) is 0 Å². The highest BCUT2D eigenvalue weighted by Gasteiger charge is 2.30. The molecule has 5 atom stereocenters. The standard InChI is InChI=1S/C65H126O17P2/c1-7-9-11-13-15-22-31-37-43-49-64(69)81-60(53-75-62(67)47-41-35-27-14-12-10-8-2)55-79-83(71,72)77-51-59(66)52-78-84(73,74)80-56-61(54-76-63(68)48-42-36-30-25-21-20-24-29-34-40-46-58(5)6)82-65(70)50-44-38-32-26-19-17-16-18-23-28-33-39-45-57(3)4/h57-61,66H,7-56H2,1-6H3,(H,71,72)(H,73,74)/t59-,60+,61+/m0/s1. The quantitative estimate of drug-likeness (QED) is 0.0222.